The minimum Gasteiger partial charge on any atom is -0.486 e. The molecule has 2 amide bonds. The second-order valence-electron chi connectivity index (χ2n) is 15.1. The largest absolute Gasteiger partial charge is 0.486 e. The zero-order chi connectivity index (χ0) is 37.2. The number of carbonyl (C=O) groups excluding carboxylic acids is 2. The number of nitrogens with one attached hydrogen (secondary N) is 1. The second-order valence-corrected chi connectivity index (χ2v) is 16.7. The Morgan fingerprint density at radius 1 is 0.981 bits per heavy atom. The van der Waals surface area contributed by atoms with E-state index in [-0.39, 0.29) is 48.4 Å². The van der Waals surface area contributed by atoms with E-state index in [1.807, 2.05) is 13.0 Å². The smallest absolute Gasteiger partial charge is 0.341 e. The van der Waals surface area contributed by atoms with E-state index in [9.17, 15) is 22.8 Å². The van der Waals surface area contributed by atoms with Crippen LogP contribution in [0.1, 0.15) is 82.4 Å². The van der Waals surface area contributed by atoms with Crippen molar-refractivity contribution in [2.24, 2.45) is 0 Å². The summed E-state index contributed by atoms with van der Waals surface area (Å²) in [7, 11) is -0.381. The quantitative estimate of drug-likeness (QED) is 0.322. The molecule has 4 aliphatic heterocycles. The molecule has 0 radical (unpaired) electrons. The van der Waals surface area contributed by atoms with Crippen molar-refractivity contribution in [3.05, 3.63) is 68.3 Å². The maximum atomic E-state index is 16.4. The molecule has 2 aromatic carbocycles. The van der Waals surface area contributed by atoms with Gasteiger partial charge in [-0.1, -0.05) is 0 Å². The average molecular weight is 752 g/mol. The molecule has 1 saturated carbocycles. The Hall–Kier alpha value is -4.05. The Kier molecular flexibility index (Phi) is 9.48. The number of rotatable bonds is 9. The van der Waals surface area contributed by atoms with Gasteiger partial charge in [0.15, 0.2) is 11.6 Å². The summed E-state index contributed by atoms with van der Waals surface area (Å²) < 4.78 is 63.7. The summed E-state index contributed by atoms with van der Waals surface area (Å²) in [5, 5.41) is 0.810. The van der Waals surface area contributed by atoms with Crippen molar-refractivity contribution >= 4 is 38.7 Å². The molecule has 0 spiro atoms. The van der Waals surface area contributed by atoms with E-state index in [0.29, 0.717) is 37.0 Å². The first kappa shape index (κ1) is 36.0. The van der Waals surface area contributed by atoms with E-state index in [4.69, 9.17) is 13.9 Å². The lowest BCUT2D eigenvalue weighted by atomic mass is 9.94. The number of aryl methyl sites for hydroxylation is 1. The molecule has 1 aromatic heterocycles. The van der Waals surface area contributed by atoms with Crippen LogP contribution in [-0.2, 0) is 27.9 Å². The van der Waals surface area contributed by atoms with E-state index in [1.54, 1.807) is 7.11 Å². The number of anilines is 1. The van der Waals surface area contributed by atoms with Crippen LogP contribution in [0.3, 0.4) is 0 Å². The molecule has 1 aliphatic carbocycles. The monoisotopic (exact) mass is 751 g/mol. The number of methoxy groups -OCH3 is 1. The summed E-state index contributed by atoms with van der Waals surface area (Å²) in [6, 6.07) is 6.39. The number of carbonyl (C=O) groups is 2. The van der Waals surface area contributed by atoms with Crippen molar-refractivity contribution in [1.29, 1.82) is 0 Å². The van der Waals surface area contributed by atoms with Gasteiger partial charge in [-0.3, -0.25) is 14.5 Å². The Morgan fingerprint density at radius 3 is 2.38 bits per heavy atom. The Bertz CT molecular complexity index is 2120. The number of hydrogen-bond donors (Lipinski definition) is 1. The molecule has 3 aromatic rings. The van der Waals surface area contributed by atoms with Crippen molar-refractivity contribution in [1.82, 2.24) is 18.8 Å². The lowest BCUT2D eigenvalue weighted by molar-refractivity contribution is 0.0721. The molecular formula is C38H46FN5O8S. The highest BCUT2D eigenvalue weighted by atomic mass is 32.2. The van der Waals surface area contributed by atoms with Gasteiger partial charge in [-0.15, -0.1) is 0 Å². The minimum atomic E-state index is -4.17. The van der Waals surface area contributed by atoms with Crippen molar-refractivity contribution < 1.29 is 36.3 Å². The summed E-state index contributed by atoms with van der Waals surface area (Å²) in [6.45, 7) is 5.17. The Labute approximate surface area is 308 Å². The Balaban J connectivity index is 1.05. The number of ether oxygens (including phenoxy) is 2. The van der Waals surface area contributed by atoms with Crippen LogP contribution < -0.4 is 20.0 Å². The highest BCUT2D eigenvalue weighted by Gasteiger charge is 2.47. The van der Waals surface area contributed by atoms with Crippen LogP contribution in [0, 0.1) is 12.7 Å². The van der Waals surface area contributed by atoms with E-state index in [2.05, 4.69) is 27.6 Å². The van der Waals surface area contributed by atoms with Crippen LogP contribution in [0.5, 0.6) is 5.75 Å². The number of nitrogens with zero attached hydrogens (tertiary/aromatic N) is 4. The van der Waals surface area contributed by atoms with E-state index < -0.39 is 39.2 Å². The average Bonchev–Trinajstić information content (AvgIpc) is 3.74. The first-order chi connectivity index (χ1) is 25.4. The van der Waals surface area contributed by atoms with Crippen LogP contribution >= 0.6 is 0 Å². The first-order valence-electron chi connectivity index (χ1n) is 18.6. The minimum absolute atomic E-state index is 0.0820. The maximum Gasteiger partial charge on any atom is 0.341 e. The molecule has 8 rings (SSSR count). The van der Waals surface area contributed by atoms with Crippen LogP contribution in [0.25, 0.3) is 11.0 Å². The van der Waals surface area contributed by atoms with Gasteiger partial charge in [-0.05, 0) is 95.2 Å². The SMILES string of the molecule is COC[C@H]1CN(c2ccc3c4c(c(=O)oc3c2C)CN(C(=O)c2ccc(C(=O)NS(=O)(=O)N3C5CCC3CC5)c(OC3CCC3)c2F)CC4)CCN1C. The fraction of sp³-hybridized carbons (Fsp3) is 0.553. The highest BCUT2D eigenvalue weighted by Crippen LogP contribution is 2.40. The van der Waals surface area contributed by atoms with Crippen molar-refractivity contribution in [3.63, 3.8) is 0 Å². The van der Waals surface area contributed by atoms with E-state index in [0.717, 1.165) is 73.9 Å². The van der Waals surface area contributed by atoms with Crippen molar-refractivity contribution in [2.45, 2.75) is 89.1 Å². The molecule has 4 fully saturated rings. The lowest BCUT2D eigenvalue weighted by Gasteiger charge is -2.41. The molecule has 15 heteroatoms. The number of likely N-dealkylation sites (N-methyl/N-ethyl adjacent to an activating group) is 1. The van der Waals surface area contributed by atoms with Crippen molar-refractivity contribution in [2.75, 3.05) is 51.8 Å². The van der Waals surface area contributed by atoms with Crippen LogP contribution in [-0.4, -0.2) is 106 Å². The number of amides is 2. The zero-order valence-corrected chi connectivity index (χ0v) is 31.2. The van der Waals surface area contributed by atoms with Gasteiger partial charge in [0.1, 0.15) is 5.58 Å². The van der Waals surface area contributed by atoms with Gasteiger partial charge in [-0.2, -0.15) is 12.7 Å². The van der Waals surface area contributed by atoms with Crippen molar-refractivity contribution in [3.8, 4) is 5.75 Å². The van der Waals surface area contributed by atoms with E-state index >= 15 is 4.39 Å². The fourth-order valence-corrected chi connectivity index (χ4v) is 10.5. The van der Waals surface area contributed by atoms with Gasteiger partial charge >= 0.3 is 15.8 Å². The topological polar surface area (TPSA) is 142 Å². The number of benzene rings is 2. The molecule has 0 unspecified atom stereocenters. The lowest BCUT2D eigenvalue weighted by Crippen LogP contribution is -2.53. The Morgan fingerprint density at radius 2 is 1.70 bits per heavy atom. The molecule has 3 saturated heterocycles. The van der Waals surface area contributed by atoms with Gasteiger partial charge in [-0.25, -0.2) is 13.9 Å². The highest BCUT2D eigenvalue weighted by molar-refractivity contribution is 7.87. The number of fused-ring (bicyclic) bond motifs is 5. The molecule has 284 valence electrons. The molecule has 13 nitrogen and oxygen atoms in total. The fourth-order valence-electron chi connectivity index (χ4n) is 8.83. The molecule has 5 aliphatic rings. The third-order valence-corrected chi connectivity index (χ3v) is 13.6. The van der Waals surface area contributed by atoms with Gasteiger partial charge in [0.25, 0.3) is 11.8 Å². The molecule has 2 bridgehead atoms. The first-order valence-corrected chi connectivity index (χ1v) is 20.1. The third kappa shape index (κ3) is 6.38. The van der Waals surface area contributed by atoms with Gasteiger partial charge in [0.05, 0.1) is 42.0 Å². The summed E-state index contributed by atoms with van der Waals surface area (Å²) in [5.74, 6) is -3.17. The molecule has 5 heterocycles. The summed E-state index contributed by atoms with van der Waals surface area (Å²) in [4.78, 5) is 46.9. The summed E-state index contributed by atoms with van der Waals surface area (Å²) >= 11 is 0. The zero-order valence-electron chi connectivity index (χ0n) is 30.4. The second kappa shape index (κ2) is 14.0. The molecule has 1 atom stereocenters. The van der Waals surface area contributed by atoms with Crippen LogP contribution in [0.15, 0.2) is 33.5 Å². The van der Waals surface area contributed by atoms with E-state index in [1.165, 1.54) is 21.3 Å². The molecule has 53 heavy (non-hydrogen) atoms. The summed E-state index contributed by atoms with van der Waals surface area (Å²) in [6.07, 6.45) is 5.13. The standard InChI is InChI=1S/C38H46FN5O8S/c1-22-32(42-18-17-41(2)25(19-42)21-50-3)14-13-28-27-15-16-43(20-31(27)38(47)52-34(22)28)37(46)29-11-12-30(35(33(29)39)51-26-5-4-6-26)36(45)40-53(48,49)44-23-7-8-24(44)10-9-23/h11-14,23-26H,4-10,15-21H2,1-3H3,(H,40,45)/t23?,24?,25-/m1/s1. The summed E-state index contributed by atoms with van der Waals surface area (Å²) in [5.41, 5.74) is 2.36. The van der Waals surface area contributed by atoms with Gasteiger partial charge in [0, 0.05) is 62.0 Å². The third-order valence-electron chi connectivity index (χ3n) is 12.0. The maximum absolute atomic E-state index is 16.4. The predicted octanol–water partition coefficient (Wildman–Crippen LogP) is 3.74. The van der Waals surface area contributed by atoms with Crippen LogP contribution in [0.2, 0.25) is 0 Å². The van der Waals surface area contributed by atoms with Gasteiger partial charge in [0.2, 0.25) is 0 Å². The predicted molar refractivity (Wildman–Crippen MR) is 195 cm³/mol. The number of piperazine rings is 1. The molecule has 1 N–H and O–H groups in total. The van der Waals surface area contributed by atoms with Gasteiger partial charge < -0.3 is 23.7 Å². The molecular weight excluding hydrogens is 706 g/mol. The van der Waals surface area contributed by atoms with Crippen LogP contribution in [0.4, 0.5) is 10.1 Å². The number of halogens is 1. The number of hydrogen-bond acceptors (Lipinski definition) is 10. The normalized spacial score (nSPS) is 23.7.